The normalized spacial score (nSPS) is 19.1. The van der Waals surface area contributed by atoms with Gasteiger partial charge in [0, 0.05) is 19.1 Å². The zero-order valence-corrected chi connectivity index (χ0v) is 11.1. The molecule has 0 amide bonds. The van der Waals surface area contributed by atoms with Crippen molar-refractivity contribution in [2.45, 2.75) is 26.3 Å². The zero-order chi connectivity index (χ0) is 13.2. The average molecular weight is 258 g/mol. The molecule has 2 heterocycles. The van der Waals surface area contributed by atoms with Gasteiger partial charge in [0.15, 0.2) is 0 Å². The van der Waals surface area contributed by atoms with Crippen molar-refractivity contribution in [3.63, 3.8) is 0 Å². The van der Waals surface area contributed by atoms with E-state index in [1.54, 1.807) is 0 Å². The average Bonchev–Trinajstić information content (AvgIpc) is 3.05. The lowest BCUT2D eigenvalue weighted by Gasteiger charge is -2.08. The van der Waals surface area contributed by atoms with Gasteiger partial charge in [0.05, 0.1) is 24.1 Å². The predicted octanol–water partition coefficient (Wildman–Crippen LogP) is 2.20. The minimum Gasteiger partial charge on any atom is -0.381 e. The van der Waals surface area contributed by atoms with Crippen LogP contribution in [-0.2, 0) is 22.5 Å². The van der Waals surface area contributed by atoms with E-state index in [0.717, 1.165) is 29.8 Å². The lowest BCUT2D eigenvalue weighted by atomic mass is 10.0. The molecule has 4 heteroatoms. The van der Waals surface area contributed by atoms with E-state index in [1.165, 1.54) is 0 Å². The maximum absolute atomic E-state index is 12.2. The summed E-state index contributed by atoms with van der Waals surface area (Å²) in [6.45, 7) is 4.21. The van der Waals surface area contributed by atoms with Crippen LogP contribution in [0.3, 0.4) is 0 Å². The van der Waals surface area contributed by atoms with E-state index >= 15 is 0 Å². The van der Waals surface area contributed by atoms with Gasteiger partial charge in [-0.1, -0.05) is 12.1 Å². The molecule has 19 heavy (non-hydrogen) atoms. The fourth-order valence-electron chi connectivity index (χ4n) is 2.70. The third-order valence-corrected chi connectivity index (χ3v) is 3.77. The van der Waals surface area contributed by atoms with Crippen LogP contribution in [0, 0.1) is 5.92 Å². The van der Waals surface area contributed by atoms with Gasteiger partial charge in [-0.15, -0.1) is 0 Å². The lowest BCUT2D eigenvalue weighted by molar-refractivity contribution is -0.122. The lowest BCUT2D eigenvalue weighted by Crippen LogP contribution is -2.19. The SMILES string of the molecule is CCn1c(CC(=O)C2CCOC2)nc2ccccc21. The Kier molecular flexibility index (Phi) is 3.34. The number of Topliss-reactive ketones (excluding diaryl/α,β-unsaturated/α-hetero) is 1. The van der Waals surface area contributed by atoms with Gasteiger partial charge in [0.25, 0.3) is 0 Å². The maximum Gasteiger partial charge on any atom is 0.145 e. The maximum atomic E-state index is 12.2. The van der Waals surface area contributed by atoms with E-state index in [2.05, 4.69) is 22.5 Å². The standard InChI is InChI=1S/C15H18N2O2/c1-2-17-13-6-4-3-5-12(13)16-15(17)9-14(18)11-7-8-19-10-11/h3-6,11H,2,7-10H2,1H3. The van der Waals surface area contributed by atoms with Crippen LogP contribution in [0.5, 0.6) is 0 Å². The molecule has 0 radical (unpaired) electrons. The highest BCUT2D eigenvalue weighted by molar-refractivity contribution is 5.84. The van der Waals surface area contributed by atoms with Gasteiger partial charge in [-0.2, -0.15) is 0 Å². The molecule has 100 valence electrons. The number of carbonyl (C=O) groups excluding carboxylic acids is 1. The minimum absolute atomic E-state index is 0.0603. The number of benzene rings is 1. The van der Waals surface area contributed by atoms with Crippen molar-refractivity contribution in [3.05, 3.63) is 30.1 Å². The molecule has 0 N–H and O–H groups in total. The summed E-state index contributed by atoms with van der Waals surface area (Å²) < 4.78 is 7.41. The van der Waals surface area contributed by atoms with E-state index in [1.807, 2.05) is 18.2 Å². The van der Waals surface area contributed by atoms with Gasteiger partial charge in [0.1, 0.15) is 11.6 Å². The molecule has 0 bridgehead atoms. The number of aromatic nitrogens is 2. The summed E-state index contributed by atoms with van der Waals surface area (Å²) >= 11 is 0. The molecule has 1 saturated heterocycles. The van der Waals surface area contributed by atoms with Gasteiger partial charge in [-0.25, -0.2) is 4.98 Å². The first-order valence-electron chi connectivity index (χ1n) is 6.84. The molecule has 2 aromatic rings. The number of fused-ring (bicyclic) bond motifs is 1. The third kappa shape index (κ3) is 2.28. The Balaban J connectivity index is 1.89. The summed E-state index contributed by atoms with van der Waals surface area (Å²) in [5.74, 6) is 1.19. The molecule has 1 fully saturated rings. The quantitative estimate of drug-likeness (QED) is 0.844. The second kappa shape index (κ2) is 5.13. The van der Waals surface area contributed by atoms with E-state index in [0.29, 0.717) is 19.6 Å². The molecule has 1 aromatic carbocycles. The van der Waals surface area contributed by atoms with Gasteiger partial charge in [-0.3, -0.25) is 4.79 Å². The first kappa shape index (κ1) is 12.4. The van der Waals surface area contributed by atoms with Gasteiger partial charge in [0.2, 0.25) is 0 Å². The van der Waals surface area contributed by atoms with Crippen molar-refractivity contribution < 1.29 is 9.53 Å². The number of hydrogen-bond acceptors (Lipinski definition) is 3. The van der Waals surface area contributed by atoms with E-state index < -0.39 is 0 Å². The number of rotatable bonds is 4. The van der Waals surface area contributed by atoms with Crippen molar-refractivity contribution in [2.24, 2.45) is 5.92 Å². The number of para-hydroxylation sites is 2. The number of nitrogens with zero attached hydrogens (tertiary/aromatic N) is 2. The van der Waals surface area contributed by atoms with Crippen LogP contribution in [0.2, 0.25) is 0 Å². The highest BCUT2D eigenvalue weighted by Crippen LogP contribution is 2.19. The highest BCUT2D eigenvalue weighted by atomic mass is 16.5. The Morgan fingerprint density at radius 2 is 2.32 bits per heavy atom. The molecule has 1 aliphatic rings. The number of ether oxygens (including phenoxy) is 1. The Morgan fingerprint density at radius 3 is 3.05 bits per heavy atom. The van der Waals surface area contributed by atoms with Crippen LogP contribution >= 0.6 is 0 Å². The molecule has 1 aliphatic heterocycles. The van der Waals surface area contributed by atoms with Crippen LogP contribution in [0.1, 0.15) is 19.2 Å². The molecule has 1 aromatic heterocycles. The van der Waals surface area contributed by atoms with Crippen LogP contribution in [0.15, 0.2) is 24.3 Å². The van der Waals surface area contributed by atoms with Crippen molar-refractivity contribution in [3.8, 4) is 0 Å². The second-order valence-corrected chi connectivity index (χ2v) is 4.96. The number of ketones is 1. The summed E-state index contributed by atoms with van der Waals surface area (Å²) in [4.78, 5) is 16.8. The highest BCUT2D eigenvalue weighted by Gasteiger charge is 2.25. The van der Waals surface area contributed by atoms with Crippen molar-refractivity contribution in [1.29, 1.82) is 0 Å². The first-order chi connectivity index (χ1) is 9.29. The summed E-state index contributed by atoms with van der Waals surface area (Å²) in [6, 6.07) is 8.03. The molecule has 0 aliphatic carbocycles. The smallest absolute Gasteiger partial charge is 0.145 e. The topological polar surface area (TPSA) is 44.1 Å². The second-order valence-electron chi connectivity index (χ2n) is 4.96. The molecule has 1 unspecified atom stereocenters. The Bertz CT molecular complexity index is 597. The van der Waals surface area contributed by atoms with Crippen LogP contribution in [0.4, 0.5) is 0 Å². The third-order valence-electron chi connectivity index (χ3n) is 3.77. The van der Waals surface area contributed by atoms with Crippen LogP contribution < -0.4 is 0 Å². The fraction of sp³-hybridized carbons (Fsp3) is 0.467. The molecule has 0 saturated carbocycles. The number of hydrogen-bond donors (Lipinski definition) is 0. The monoisotopic (exact) mass is 258 g/mol. The van der Waals surface area contributed by atoms with Gasteiger partial charge < -0.3 is 9.30 Å². The molecular weight excluding hydrogens is 240 g/mol. The van der Waals surface area contributed by atoms with E-state index in [9.17, 15) is 4.79 Å². The number of carbonyl (C=O) groups is 1. The predicted molar refractivity (Wildman–Crippen MR) is 73.0 cm³/mol. The van der Waals surface area contributed by atoms with Crippen molar-refractivity contribution >= 4 is 16.8 Å². The number of imidazole rings is 1. The van der Waals surface area contributed by atoms with E-state index in [-0.39, 0.29) is 11.7 Å². The Morgan fingerprint density at radius 1 is 1.47 bits per heavy atom. The zero-order valence-electron chi connectivity index (χ0n) is 11.1. The number of aryl methyl sites for hydroxylation is 1. The fourth-order valence-corrected chi connectivity index (χ4v) is 2.70. The summed E-state index contributed by atoms with van der Waals surface area (Å²) in [7, 11) is 0. The van der Waals surface area contributed by atoms with Crippen LogP contribution in [0.25, 0.3) is 11.0 Å². The molecule has 1 atom stereocenters. The van der Waals surface area contributed by atoms with Crippen molar-refractivity contribution in [2.75, 3.05) is 13.2 Å². The first-order valence-corrected chi connectivity index (χ1v) is 6.84. The Hall–Kier alpha value is -1.68. The van der Waals surface area contributed by atoms with Gasteiger partial charge >= 0.3 is 0 Å². The summed E-state index contributed by atoms with van der Waals surface area (Å²) in [5.41, 5.74) is 2.07. The minimum atomic E-state index is 0.0603. The summed E-state index contributed by atoms with van der Waals surface area (Å²) in [6.07, 6.45) is 1.27. The van der Waals surface area contributed by atoms with Crippen molar-refractivity contribution in [1.82, 2.24) is 9.55 Å². The molecular formula is C15H18N2O2. The van der Waals surface area contributed by atoms with Crippen LogP contribution in [-0.4, -0.2) is 28.5 Å². The summed E-state index contributed by atoms with van der Waals surface area (Å²) in [5, 5.41) is 0. The Labute approximate surface area is 112 Å². The van der Waals surface area contributed by atoms with E-state index in [4.69, 9.17) is 4.74 Å². The molecule has 4 nitrogen and oxygen atoms in total. The van der Waals surface area contributed by atoms with Gasteiger partial charge in [-0.05, 0) is 25.5 Å². The molecule has 3 rings (SSSR count). The largest absolute Gasteiger partial charge is 0.381 e. The molecule has 0 spiro atoms.